The second-order valence-electron chi connectivity index (χ2n) is 4.00. The Kier molecular flexibility index (Phi) is 3.97. The summed E-state index contributed by atoms with van der Waals surface area (Å²) in [7, 11) is 3.94. The molecule has 0 amide bonds. The van der Waals surface area contributed by atoms with Crippen LogP contribution in [0.4, 0.5) is 0 Å². The highest BCUT2D eigenvalue weighted by Crippen LogP contribution is 2.22. The van der Waals surface area contributed by atoms with E-state index in [1.54, 1.807) is 0 Å². The van der Waals surface area contributed by atoms with Crippen molar-refractivity contribution in [1.82, 2.24) is 15.1 Å². The summed E-state index contributed by atoms with van der Waals surface area (Å²) < 4.78 is 3.03. The topological polar surface area (TPSA) is 29.9 Å². The molecule has 0 unspecified atom stereocenters. The molecule has 0 atom stereocenters. The number of likely N-dealkylation sites (N-methyl/N-ethyl adjacent to an activating group) is 1. The highest BCUT2D eigenvalue weighted by atomic mass is 79.9. The van der Waals surface area contributed by atoms with Crippen molar-refractivity contribution < 1.29 is 0 Å². The van der Waals surface area contributed by atoms with Crippen LogP contribution in [0.2, 0.25) is 0 Å². The van der Waals surface area contributed by atoms with Gasteiger partial charge in [0, 0.05) is 24.5 Å². The number of hydrogen-bond acceptors (Lipinski definition) is 2. The van der Waals surface area contributed by atoms with E-state index in [0.717, 1.165) is 28.8 Å². The molecule has 0 aliphatic heterocycles. The van der Waals surface area contributed by atoms with Crippen LogP contribution in [0.5, 0.6) is 0 Å². The van der Waals surface area contributed by atoms with Crippen LogP contribution in [0.3, 0.4) is 0 Å². The molecular formula is C13H16BrN3. The standard InChI is InChI=1S/C13H16BrN3/c1-15-8-7-12-9-13(17(2)16-12)10-3-5-11(14)6-4-10/h3-6,9,15H,7-8H2,1-2H3. The molecule has 0 saturated carbocycles. The molecule has 1 N–H and O–H groups in total. The minimum absolute atomic E-state index is 0.955. The highest BCUT2D eigenvalue weighted by Gasteiger charge is 2.06. The molecule has 0 aliphatic rings. The lowest BCUT2D eigenvalue weighted by atomic mass is 10.1. The lowest BCUT2D eigenvalue weighted by Crippen LogP contribution is -2.10. The van der Waals surface area contributed by atoms with Gasteiger partial charge in [0.1, 0.15) is 0 Å². The van der Waals surface area contributed by atoms with E-state index in [-0.39, 0.29) is 0 Å². The van der Waals surface area contributed by atoms with Crippen molar-refractivity contribution in [3.63, 3.8) is 0 Å². The summed E-state index contributed by atoms with van der Waals surface area (Å²) in [6.45, 7) is 0.955. The first-order valence-electron chi connectivity index (χ1n) is 5.64. The van der Waals surface area contributed by atoms with Crippen LogP contribution in [0, 0.1) is 0 Å². The fourth-order valence-corrected chi connectivity index (χ4v) is 2.06. The van der Waals surface area contributed by atoms with Gasteiger partial charge in [-0.05, 0) is 30.8 Å². The number of benzene rings is 1. The summed E-state index contributed by atoms with van der Waals surface area (Å²) in [5.41, 5.74) is 3.47. The van der Waals surface area contributed by atoms with Gasteiger partial charge in [-0.15, -0.1) is 0 Å². The maximum absolute atomic E-state index is 4.51. The highest BCUT2D eigenvalue weighted by molar-refractivity contribution is 9.10. The molecule has 1 heterocycles. The van der Waals surface area contributed by atoms with Crippen LogP contribution in [0.1, 0.15) is 5.69 Å². The third kappa shape index (κ3) is 2.96. The minimum atomic E-state index is 0.955. The molecule has 0 saturated heterocycles. The molecule has 0 aliphatic carbocycles. The Bertz CT molecular complexity index is 488. The van der Waals surface area contributed by atoms with Gasteiger partial charge in [-0.25, -0.2) is 0 Å². The molecule has 17 heavy (non-hydrogen) atoms. The maximum atomic E-state index is 4.51. The second kappa shape index (κ2) is 5.47. The van der Waals surface area contributed by atoms with Crippen molar-refractivity contribution in [3.05, 3.63) is 40.5 Å². The fraction of sp³-hybridized carbons (Fsp3) is 0.308. The van der Waals surface area contributed by atoms with Gasteiger partial charge >= 0.3 is 0 Å². The Hall–Kier alpha value is -1.13. The number of aryl methyl sites for hydroxylation is 1. The third-order valence-electron chi connectivity index (χ3n) is 2.70. The zero-order chi connectivity index (χ0) is 12.3. The lowest BCUT2D eigenvalue weighted by Gasteiger charge is -2.01. The molecule has 2 rings (SSSR count). The Morgan fingerprint density at radius 3 is 2.65 bits per heavy atom. The van der Waals surface area contributed by atoms with E-state index in [1.165, 1.54) is 5.56 Å². The van der Waals surface area contributed by atoms with E-state index >= 15 is 0 Å². The number of aromatic nitrogens is 2. The molecule has 0 spiro atoms. The van der Waals surface area contributed by atoms with Gasteiger partial charge in [0.2, 0.25) is 0 Å². The number of rotatable bonds is 4. The number of hydrogen-bond donors (Lipinski definition) is 1. The van der Waals surface area contributed by atoms with Crippen LogP contribution < -0.4 is 5.32 Å². The maximum Gasteiger partial charge on any atom is 0.0681 e. The number of halogens is 1. The Morgan fingerprint density at radius 1 is 1.29 bits per heavy atom. The quantitative estimate of drug-likeness (QED) is 0.939. The van der Waals surface area contributed by atoms with Crippen molar-refractivity contribution in [2.75, 3.05) is 13.6 Å². The average molecular weight is 294 g/mol. The number of nitrogens with one attached hydrogen (secondary N) is 1. The molecule has 90 valence electrons. The first-order chi connectivity index (χ1) is 8.20. The third-order valence-corrected chi connectivity index (χ3v) is 3.23. The first kappa shape index (κ1) is 12.3. The van der Waals surface area contributed by atoms with E-state index in [0.29, 0.717) is 0 Å². The predicted molar refractivity (Wildman–Crippen MR) is 74.0 cm³/mol. The molecule has 0 fully saturated rings. The van der Waals surface area contributed by atoms with Crippen molar-refractivity contribution >= 4 is 15.9 Å². The normalized spacial score (nSPS) is 10.8. The summed E-state index contributed by atoms with van der Waals surface area (Å²) in [6, 6.07) is 10.5. The van der Waals surface area contributed by atoms with Crippen LogP contribution in [0.15, 0.2) is 34.8 Å². The Morgan fingerprint density at radius 2 is 2.00 bits per heavy atom. The Labute approximate surface area is 110 Å². The molecule has 0 bridgehead atoms. The molecule has 3 nitrogen and oxygen atoms in total. The molecule has 1 aromatic heterocycles. The van der Waals surface area contributed by atoms with Gasteiger partial charge in [0.25, 0.3) is 0 Å². The SMILES string of the molecule is CNCCc1cc(-c2ccc(Br)cc2)n(C)n1. The van der Waals surface area contributed by atoms with Gasteiger partial charge in [-0.3, -0.25) is 4.68 Å². The summed E-state index contributed by atoms with van der Waals surface area (Å²) in [5.74, 6) is 0. The van der Waals surface area contributed by atoms with E-state index in [9.17, 15) is 0 Å². The van der Waals surface area contributed by atoms with Crippen LogP contribution in [0.25, 0.3) is 11.3 Å². The minimum Gasteiger partial charge on any atom is -0.319 e. The number of nitrogens with zero attached hydrogens (tertiary/aromatic N) is 2. The summed E-state index contributed by atoms with van der Waals surface area (Å²) in [5, 5.41) is 7.65. The molecule has 2 aromatic rings. The zero-order valence-corrected chi connectivity index (χ0v) is 11.7. The average Bonchev–Trinajstić information content (AvgIpc) is 2.69. The monoisotopic (exact) mass is 293 g/mol. The molecule has 4 heteroatoms. The van der Waals surface area contributed by atoms with Gasteiger partial charge in [-0.2, -0.15) is 5.10 Å². The molecule has 0 radical (unpaired) electrons. The Balaban J connectivity index is 2.26. The van der Waals surface area contributed by atoms with E-state index in [4.69, 9.17) is 0 Å². The summed E-state index contributed by atoms with van der Waals surface area (Å²) in [4.78, 5) is 0. The van der Waals surface area contributed by atoms with Crippen LogP contribution in [-0.4, -0.2) is 23.4 Å². The van der Waals surface area contributed by atoms with Gasteiger partial charge < -0.3 is 5.32 Å². The van der Waals surface area contributed by atoms with E-state index in [1.807, 2.05) is 18.8 Å². The smallest absolute Gasteiger partial charge is 0.0681 e. The zero-order valence-electron chi connectivity index (χ0n) is 10.1. The van der Waals surface area contributed by atoms with E-state index in [2.05, 4.69) is 56.7 Å². The predicted octanol–water partition coefficient (Wildman–Crippen LogP) is 2.61. The lowest BCUT2D eigenvalue weighted by molar-refractivity contribution is 0.720. The van der Waals surface area contributed by atoms with Gasteiger partial charge in [0.05, 0.1) is 11.4 Å². The summed E-state index contributed by atoms with van der Waals surface area (Å²) in [6.07, 6.45) is 0.959. The molecular weight excluding hydrogens is 278 g/mol. The van der Waals surface area contributed by atoms with Crippen molar-refractivity contribution in [2.24, 2.45) is 7.05 Å². The summed E-state index contributed by atoms with van der Waals surface area (Å²) >= 11 is 3.45. The fourth-order valence-electron chi connectivity index (χ4n) is 1.79. The van der Waals surface area contributed by atoms with Crippen molar-refractivity contribution in [3.8, 4) is 11.3 Å². The molecule has 1 aromatic carbocycles. The van der Waals surface area contributed by atoms with Crippen molar-refractivity contribution in [1.29, 1.82) is 0 Å². The first-order valence-corrected chi connectivity index (χ1v) is 6.43. The largest absolute Gasteiger partial charge is 0.319 e. The van der Waals surface area contributed by atoms with Gasteiger partial charge in [-0.1, -0.05) is 28.1 Å². The van der Waals surface area contributed by atoms with Crippen LogP contribution >= 0.6 is 15.9 Å². The van der Waals surface area contributed by atoms with E-state index < -0.39 is 0 Å². The second-order valence-corrected chi connectivity index (χ2v) is 4.92. The van der Waals surface area contributed by atoms with Crippen LogP contribution in [-0.2, 0) is 13.5 Å². The van der Waals surface area contributed by atoms with Crippen molar-refractivity contribution in [2.45, 2.75) is 6.42 Å². The van der Waals surface area contributed by atoms with Gasteiger partial charge in [0.15, 0.2) is 0 Å².